The number of amides is 2. The third kappa shape index (κ3) is 3.60. The Bertz CT molecular complexity index is 842. The average Bonchev–Trinajstić information content (AvgIpc) is 2.68. The van der Waals surface area contributed by atoms with Crippen LogP contribution >= 0.6 is 0 Å². The lowest BCUT2D eigenvalue weighted by molar-refractivity contribution is -0.124. The molecule has 1 atom stereocenters. The lowest BCUT2D eigenvalue weighted by atomic mass is 10.0. The Balaban J connectivity index is 1.79. The van der Waals surface area contributed by atoms with Crippen LogP contribution in [0.4, 0.5) is 5.69 Å². The molecule has 0 aliphatic carbocycles. The minimum absolute atomic E-state index is 0.0496. The van der Waals surface area contributed by atoms with Crippen molar-refractivity contribution in [1.29, 1.82) is 5.26 Å². The van der Waals surface area contributed by atoms with Crippen LogP contribution < -0.4 is 4.90 Å². The van der Waals surface area contributed by atoms with Crippen LogP contribution in [0.1, 0.15) is 28.8 Å². The molecule has 0 radical (unpaired) electrons. The van der Waals surface area contributed by atoms with E-state index in [2.05, 4.69) is 6.07 Å². The molecule has 2 aromatic carbocycles. The van der Waals surface area contributed by atoms with Crippen LogP contribution in [0, 0.1) is 11.3 Å². The van der Waals surface area contributed by atoms with E-state index in [9.17, 15) is 9.59 Å². The first-order chi connectivity index (χ1) is 12.6. The van der Waals surface area contributed by atoms with Crippen molar-refractivity contribution in [2.24, 2.45) is 0 Å². The summed E-state index contributed by atoms with van der Waals surface area (Å²) >= 11 is 0. The largest absolute Gasteiger partial charge is 0.330 e. The van der Waals surface area contributed by atoms with Gasteiger partial charge >= 0.3 is 0 Å². The molecule has 1 fully saturated rings. The summed E-state index contributed by atoms with van der Waals surface area (Å²) in [6, 6.07) is 18.2. The van der Waals surface area contributed by atoms with Crippen LogP contribution in [0.3, 0.4) is 0 Å². The fourth-order valence-corrected chi connectivity index (χ4v) is 3.33. The molecule has 1 aliphatic rings. The third-order valence-corrected chi connectivity index (χ3v) is 4.72. The second kappa shape index (κ2) is 7.83. The predicted molar refractivity (Wildman–Crippen MR) is 99.7 cm³/mol. The number of anilines is 1. The highest BCUT2D eigenvalue weighted by atomic mass is 16.2. The number of nitrogens with zero attached hydrogens (tertiary/aromatic N) is 3. The van der Waals surface area contributed by atoms with Crippen LogP contribution in [0.25, 0.3) is 0 Å². The number of hydrogen-bond donors (Lipinski definition) is 0. The summed E-state index contributed by atoms with van der Waals surface area (Å²) in [7, 11) is 1.68. The Morgan fingerprint density at radius 2 is 2.00 bits per heavy atom. The maximum absolute atomic E-state index is 13.0. The summed E-state index contributed by atoms with van der Waals surface area (Å²) < 4.78 is 0. The molecule has 26 heavy (non-hydrogen) atoms. The monoisotopic (exact) mass is 347 g/mol. The molecule has 0 spiro atoms. The van der Waals surface area contributed by atoms with Crippen LogP contribution in [0.5, 0.6) is 0 Å². The number of rotatable bonds is 4. The van der Waals surface area contributed by atoms with Crippen molar-refractivity contribution in [3.63, 3.8) is 0 Å². The molecule has 1 aliphatic heterocycles. The molecular weight excluding hydrogens is 326 g/mol. The summed E-state index contributed by atoms with van der Waals surface area (Å²) in [6.07, 6.45) is 1.76. The Hall–Kier alpha value is -3.13. The van der Waals surface area contributed by atoms with E-state index in [1.165, 1.54) is 4.90 Å². The van der Waals surface area contributed by atoms with Gasteiger partial charge in [0, 0.05) is 24.8 Å². The van der Waals surface area contributed by atoms with Crippen LogP contribution in [0.2, 0.25) is 0 Å². The van der Waals surface area contributed by atoms with Crippen LogP contribution in [-0.4, -0.2) is 36.3 Å². The smallest absolute Gasteiger partial charge is 0.254 e. The van der Waals surface area contributed by atoms with E-state index in [-0.39, 0.29) is 18.2 Å². The molecule has 0 unspecified atom stereocenters. The van der Waals surface area contributed by atoms with Crippen molar-refractivity contribution in [2.75, 3.05) is 18.5 Å². The maximum Gasteiger partial charge on any atom is 0.254 e. The molecule has 1 heterocycles. The topological polar surface area (TPSA) is 64.4 Å². The Labute approximate surface area is 153 Å². The number of piperidine rings is 1. The summed E-state index contributed by atoms with van der Waals surface area (Å²) in [5, 5.41) is 8.84. The normalized spacial score (nSPS) is 16.8. The molecule has 0 aromatic heterocycles. The summed E-state index contributed by atoms with van der Waals surface area (Å²) in [6.45, 7) is 0.666. The molecule has 0 saturated carbocycles. The summed E-state index contributed by atoms with van der Waals surface area (Å²) in [5.74, 6) is -0.246. The molecule has 132 valence electrons. The highest BCUT2D eigenvalue weighted by Gasteiger charge is 2.34. The number of benzene rings is 2. The van der Waals surface area contributed by atoms with Crippen LogP contribution in [-0.2, 0) is 11.2 Å². The fraction of sp³-hybridized carbons (Fsp3) is 0.286. The average molecular weight is 347 g/mol. The quantitative estimate of drug-likeness (QED) is 0.854. The third-order valence-electron chi connectivity index (χ3n) is 4.72. The van der Waals surface area contributed by atoms with Crippen molar-refractivity contribution in [3.05, 3.63) is 65.7 Å². The molecular formula is C21H21N3O2. The lowest BCUT2D eigenvalue weighted by Gasteiger charge is -2.36. The van der Waals surface area contributed by atoms with Gasteiger partial charge in [-0.05, 0) is 42.7 Å². The number of nitriles is 1. The lowest BCUT2D eigenvalue weighted by Crippen LogP contribution is -2.53. The second-order valence-corrected chi connectivity index (χ2v) is 6.43. The van der Waals surface area contributed by atoms with E-state index in [1.54, 1.807) is 30.1 Å². The zero-order valence-corrected chi connectivity index (χ0v) is 14.8. The van der Waals surface area contributed by atoms with E-state index in [0.29, 0.717) is 18.5 Å². The van der Waals surface area contributed by atoms with E-state index in [1.807, 2.05) is 36.4 Å². The summed E-state index contributed by atoms with van der Waals surface area (Å²) in [5.41, 5.74) is 2.16. The number of para-hydroxylation sites is 1. The molecule has 2 amide bonds. The highest BCUT2D eigenvalue weighted by molar-refractivity contribution is 6.02. The fourth-order valence-electron chi connectivity index (χ4n) is 3.33. The van der Waals surface area contributed by atoms with Crippen molar-refractivity contribution < 1.29 is 9.59 Å². The minimum atomic E-state index is -0.476. The van der Waals surface area contributed by atoms with Crippen molar-refractivity contribution >= 4 is 17.5 Å². The molecule has 2 aromatic rings. The molecule has 3 rings (SSSR count). The SMILES string of the molecule is CN(C(=O)c1cccc(CC#N)c1)[C@H]1CCCN(c2ccccc2)C1=O. The van der Waals surface area contributed by atoms with Gasteiger partial charge in [0.1, 0.15) is 6.04 Å². The maximum atomic E-state index is 13.0. The number of carbonyl (C=O) groups is 2. The second-order valence-electron chi connectivity index (χ2n) is 6.43. The first kappa shape index (κ1) is 17.7. The van der Waals surface area contributed by atoms with Gasteiger partial charge in [0.2, 0.25) is 5.91 Å². The minimum Gasteiger partial charge on any atom is -0.330 e. The molecule has 5 nitrogen and oxygen atoms in total. The van der Waals surface area contributed by atoms with E-state index in [0.717, 1.165) is 17.7 Å². The number of carbonyl (C=O) groups excluding carboxylic acids is 2. The first-order valence-corrected chi connectivity index (χ1v) is 8.71. The predicted octanol–water partition coefficient (Wildman–Crippen LogP) is 3.02. The molecule has 0 N–H and O–H groups in total. The van der Waals surface area contributed by atoms with Gasteiger partial charge < -0.3 is 9.80 Å². The van der Waals surface area contributed by atoms with Crippen molar-refractivity contribution in [2.45, 2.75) is 25.3 Å². The standard InChI is InChI=1S/C21H21N3O2/c1-23(20(25)17-8-5-7-16(15-17)12-13-22)19-11-6-14-24(21(19)26)18-9-3-2-4-10-18/h2-5,7-10,15,19H,6,11-12,14H2,1H3/t19-/m0/s1. The first-order valence-electron chi connectivity index (χ1n) is 8.71. The molecule has 1 saturated heterocycles. The number of likely N-dealkylation sites (N-methyl/N-ethyl adjacent to an activating group) is 1. The van der Waals surface area contributed by atoms with Gasteiger partial charge in [0.25, 0.3) is 5.91 Å². The zero-order valence-electron chi connectivity index (χ0n) is 14.8. The van der Waals surface area contributed by atoms with Gasteiger partial charge in [-0.3, -0.25) is 9.59 Å². The van der Waals surface area contributed by atoms with Gasteiger partial charge in [-0.1, -0.05) is 30.3 Å². The van der Waals surface area contributed by atoms with Gasteiger partial charge in [-0.2, -0.15) is 5.26 Å². The van der Waals surface area contributed by atoms with E-state index >= 15 is 0 Å². The van der Waals surface area contributed by atoms with E-state index in [4.69, 9.17) is 5.26 Å². The van der Waals surface area contributed by atoms with Crippen molar-refractivity contribution in [3.8, 4) is 6.07 Å². The van der Waals surface area contributed by atoms with Crippen molar-refractivity contribution in [1.82, 2.24) is 4.90 Å². The Morgan fingerprint density at radius 1 is 1.23 bits per heavy atom. The molecule has 5 heteroatoms. The Kier molecular flexibility index (Phi) is 5.33. The van der Waals surface area contributed by atoms with Gasteiger partial charge in [0.15, 0.2) is 0 Å². The van der Waals surface area contributed by atoms with Gasteiger partial charge in [0.05, 0.1) is 12.5 Å². The molecule has 0 bridgehead atoms. The summed E-state index contributed by atoms with van der Waals surface area (Å²) in [4.78, 5) is 29.1. The zero-order chi connectivity index (χ0) is 18.5. The van der Waals surface area contributed by atoms with Crippen LogP contribution in [0.15, 0.2) is 54.6 Å². The van der Waals surface area contributed by atoms with Gasteiger partial charge in [-0.15, -0.1) is 0 Å². The number of hydrogen-bond acceptors (Lipinski definition) is 3. The van der Waals surface area contributed by atoms with Gasteiger partial charge in [-0.25, -0.2) is 0 Å². The van der Waals surface area contributed by atoms with E-state index < -0.39 is 6.04 Å². The highest BCUT2D eigenvalue weighted by Crippen LogP contribution is 2.24. The Morgan fingerprint density at radius 3 is 2.73 bits per heavy atom.